The Morgan fingerprint density at radius 3 is 1.46 bits per heavy atom. The molecule has 0 unspecified atom stereocenters. The summed E-state index contributed by atoms with van der Waals surface area (Å²) in [5, 5.41) is 2.52. The van der Waals surface area contributed by atoms with Gasteiger partial charge in [0.15, 0.2) is 0 Å². The maximum absolute atomic E-state index is 2.60. The number of nitrogens with zero attached hydrogens (tertiary/aromatic N) is 1. The molecular weight excluding hydrogens is 779 g/mol. The average Bonchev–Trinajstić information content (AvgIpc) is 3.90. The monoisotopic (exact) mass is 819 g/mol. The second kappa shape index (κ2) is 15.3. The molecule has 0 bridgehead atoms. The third-order valence-corrected chi connectivity index (χ3v) is 14.1. The lowest BCUT2D eigenvalue weighted by molar-refractivity contribution is 0.768. The molecule has 0 atom stereocenters. The highest BCUT2D eigenvalue weighted by atomic mass is 32.1. The highest BCUT2D eigenvalue weighted by Crippen LogP contribution is 2.61. The van der Waals surface area contributed by atoms with Crippen LogP contribution >= 0.6 is 11.3 Å². The van der Waals surface area contributed by atoms with E-state index in [1.54, 1.807) is 0 Å². The molecule has 0 N–H and O–H groups in total. The highest BCUT2D eigenvalue weighted by molar-refractivity contribution is 7.26. The summed E-state index contributed by atoms with van der Waals surface area (Å²) in [7, 11) is 0. The van der Waals surface area contributed by atoms with Crippen molar-refractivity contribution in [1.82, 2.24) is 0 Å². The zero-order chi connectivity index (χ0) is 41.7. The summed E-state index contributed by atoms with van der Waals surface area (Å²) < 4.78 is 2.54. The zero-order valence-electron chi connectivity index (χ0n) is 34.5. The van der Waals surface area contributed by atoms with Gasteiger partial charge in [-0.2, -0.15) is 0 Å². The number of fused-ring (bicyclic) bond motifs is 6. The first-order valence-electron chi connectivity index (χ1n) is 21.7. The summed E-state index contributed by atoms with van der Waals surface area (Å²) in [6.07, 6.45) is 0. The van der Waals surface area contributed by atoms with E-state index in [9.17, 15) is 0 Å². The van der Waals surface area contributed by atoms with Gasteiger partial charge in [0, 0.05) is 31.3 Å². The average molecular weight is 820 g/mol. The minimum atomic E-state index is -0.550. The van der Waals surface area contributed by atoms with Crippen LogP contribution in [-0.2, 0) is 5.41 Å². The smallest absolute Gasteiger partial charge is 0.0714 e. The Labute approximate surface area is 372 Å². The van der Waals surface area contributed by atoms with Gasteiger partial charge in [-0.1, -0.05) is 218 Å². The standard InChI is InChI=1S/C61H41NS/c1-5-22-42(23-6-1)46-30-13-14-31-48(46)58-47(43-24-7-2-8-25-43)34-19-37-53(58)62(55-39-21-41-57-60(55)50-33-16-18-40-56(50)63-57)54-38-20-36-52-59(54)49-32-15-17-35-51(49)61(52,44-26-9-3-10-27-44)45-28-11-4-12-29-45/h1-41H. The Kier molecular flexibility index (Phi) is 8.98. The van der Waals surface area contributed by atoms with E-state index in [1.165, 1.54) is 86.9 Å². The predicted octanol–water partition coefficient (Wildman–Crippen LogP) is 16.9. The molecule has 296 valence electrons. The molecule has 0 saturated heterocycles. The number of thiophene rings is 1. The summed E-state index contributed by atoms with van der Waals surface area (Å²) in [6, 6.07) is 91.7. The predicted molar refractivity (Wildman–Crippen MR) is 268 cm³/mol. The van der Waals surface area contributed by atoms with Gasteiger partial charge < -0.3 is 4.90 Å². The molecule has 0 amide bonds. The topological polar surface area (TPSA) is 3.24 Å². The molecule has 0 saturated carbocycles. The van der Waals surface area contributed by atoms with Crippen molar-refractivity contribution in [2.45, 2.75) is 5.41 Å². The van der Waals surface area contributed by atoms with Crippen LogP contribution in [0.15, 0.2) is 249 Å². The Morgan fingerprint density at radius 1 is 0.302 bits per heavy atom. The third kappa shape index (κ3) is 5.83. The third-order valence-electron chi connectivity index (χ3n) is 13.0. The lowest BCUT2D eigenvalue weighted by Gasteiger charge is -2.35. The van der Waals surface area contributed by atoms with Crippen molar-refractivity contribution in [2.75, 3.05) is 4.90 Å². The van der Waals surface area contributed by atoms with Gasteiger partial charge in [-0.05, 0) is 86.0 Å². The van der Waals surface area contributed by atoms with Crippen LogP contribution < -0.4 is 4.90 Å². The Balaban J connectivity index is 1.25. The molecule has 0 radical (unpaired) electrons. The van der Waals surface area contributed by atoms with Crippen LogP contribution in [0, 0.1) is 0 Å². The molecule has 0 aliphatic heterocycles. The number of hydrogen-bond acceptors (Lipinski definition) is 2. The van der Waals surface area contributed by atoms with Gasteiger partial charge >= 0.3 is 0 Å². The van der Waals surface area contributed by atoms with Gasteiger partial charge in [0.2, 0.25) is 0 Å². The molecule has 1 aliphatic rings. The van der Waals surface area contributed by atoms with E-state index in [4.69, 9.17) is 0 Å². The largest absolute Gasteiger partial charge is 0.309 e. The summed E-state index contributed by atoms with van der Waals surface area (Å²) >= 11 is 1.87. The zero-order valence-corrected chi connectivity index (χ0v) is 35.3. The first-order chi connectivity index (χ1) is 31.3. The molecule has 2 heteroatoms. The van der Waals surface area contributed by atoms with Gasteiger partial charge in [-0.15, -0.1) is 11.3 Å². The second-order valence-electron chi connectivity index (χ2n) is 16.3. The first-order valence-corrected chi connectivity index (χ1v) is 22.5. The van der Waals surface area contributed by atoms with Crippen LogP contribution in [0.5, 0.6) is 0 Å². The lowest BCUT2D eigenvalue weighted by Crippen LogP contribution is -2.28. The van der Waals surface area contributed by atoms with Crippen molar-refractivity contribution in [3.05, 3.63) is 271 Å². The normalized spacial score (nSPS) is 12.6. The van der Waals surface area contributed by atoms with Crippen LogP contribution in [0.4, 0.5) is 17.1 Å². The molecule has 1 heterocycles. The van der Waals surface area contributed by atoms with Crippen molar-refractivity contribution >= 4 is 48.6 Å². The number of benzene rings is 10. The van der Waals surface area contributed by atoms with Gasteiger partial charge in [-0.25, -0.2) is 0 Å². The SMILES string of the molecule is c1ccc(-c2ccccc2-c2c(-c3ccccc3)cccc2N(c2cccc3c2-c2ccccc2C3(c2ccccc2)c2ccccc2)c2cccc3sc4ccccc4c23)cc1. The van der Waals surface area contributed by atoms with Gasteiger partial charge in [0.1, 0.15) is 0 Å². The molecule has 1 nitrogen and oxygen atoms in total. The Bertz CT molecular complexity index is 3400. The van der Waals surface area contributed by atoms with Crippen LogP contribution in [0.1, 0.15) is 22.3 Å². The highest BCUT2D eigenvalue weighted by Gasteiger charge is 2.47. The quantitative estimate of drug-likeness (QED) is 0.148. The van der Waals surface area contributed by atoms with Crippen LogP contribution in [0.3, 0.4) is 0 Å². The Hall–Kier alpha value is -7.78. The van der Waals surface area contributed by atoms with Crippen LogP contribution in [0.2, 0.25) is 0 Å². The molecule has 11 aromatic rings. The molecule has 63 heavy (non-hydrogen) atoms. The number of rotatable bonds is 8. The molecule has 1 aliphatic carbocycles. The number of anilines is 3. The van der Waals surface area contributed by atoms with E-state index in [1.807, 2.05) is 11.3 Å². The molecule has 1 aromatic heterocycles. The minimum Gasteiger partial charge on any atom is -0.309 e. The number of hydrogen-bond donors (Lipinski definition) is 0. The lowest BCUT2D eigenvalue weighted by atomic mass is 9.68. The summed E-state index contributed by atoms with van der Waals surface area (Å²) in [5.74, 6) is 0. The van der Waals surface area contributed by atoms with E-state index in [0.717, 1.165) is 17.1 Å². The summed E-state index contributed by atoms with van der Waals surface area (Å²) in [4.78, 5) is 2.60. The summed E-state index contributed by atoms with van der Waals surface area (Å²) in [5.41, 5.74) is 17.5. The van der Waals surface area contributed by atoms with Crippen molar-refractivity contribution in [2.24, 2.45) is 0 Å². The van der Waals surface area contributed by atoms with E-state index >= 15 is 0 Å². The fraction of sp³-hybridized carbons (Fsp3) is 0.0164. The van der Waals surface area contributed by atoms with Crippen LogP contribution in [0.25, 0.3) is 64.7 Å². The van der Waals surface area contributed by atoms with Crippen molar-refractivity contribution in [1.29, 1.82) is 0 Å². The van der Waals surface area contributed by atoms with Crippen molar-refractivity contribution < 1.29 is 0 Å². The molecule has 12 rings (SSSR count). The Morgan fingerprint density at radius 2 is 0.762 bits per heavy atom. The van der Waals surface area contributed by atoms with Crippen molar-refractivity contribution in [3.8, 4) is 44.5 Å². The van der Waals surface area contributed by atoms with E-state index in [-0.39, 0.29) is 0 Å². The molecular formula is C61H41NS. The van der Waals surface area contributed by atoms with Crippen LogP contribution in [-0.4, -0.2) is 0 Å². The summed E-state index contributed by atoms with van der Waals surface area (Å²) in [6.45, 7) is 0. The van der Waals surface area contributed by atoms with Gasteiger partial charge in [0.25, 0.3) is 0 Å². The fourth-order valence-corrected chi connectivity index (χ4v) is 11.6. The van der Waals surface area contributed by atoms with E-state index in [2.05, 4.69) is 254 Å². The first kappa shape index (κ1) is 37.0. The van der Waals surface area contributed by atoms with Gasteiger partial charge in [0.05, 0.1) is 22.5 Å². The second-order valence-corrected chi connectivity index (χ2v) is 17.4. The van der Waals surface area contributed by atoms with E-state index in [0.29, 0.717) is 0 Å². The molecule has 0 spiro atoms. The minimum absolute atomic E-state index is 0.550. The van der Waals surface area contributed by atoms with Gasteiger partial charge in [-0.3, -0.25) is 0 Å². The van der Waals surface area contributed by atoms with E-state index < -0.39 is 5.41 Å². The molecule has 10 aromatic carbocycles. The maximum Gasteiger partial charge on any atom is 0.0714 e. The molecule has 0 fully saturated rings. The van der Waals surface area contributed by atoms with Crippen molar-refractivity contribution in [3.63, 3.8) is 0 Å². The maximum atomic E-state index is 2.60. The fourth-order valence-electron chi connectivity index (χ4n) is 10.4.